The summed E-state index contributed by atoms with van der Waals surface area (Å²) >= 11 is 4.72. The predicted octanol–water partition coefficient (Wildman–Crippen LogP) is 3.91. The van der Waals surface area contributed by atoms with Gasteiger partial charge in [-0.1, -0.05) is 37.3 Å². The lowest BCUT2D eigenvalue weighted by Crippen LogP contribution is -2.11. The molecule has 2 aromatic rings. The van der Waals surface area contributed by atoms with Gasteiger partial charge >= 0.3 is 0 Å². The second-order valence-corrected chi connectivity index (χ2v) is 4.75. The molecule has 2 aromatic carbocycles. The molecule has 0 bridgehead atoms. The van der Waals surface area contributed by atoms with E-state index < -0.39 is 11.6 Å². The zero-order valence-corrected chi connectivity index (χ0v) is 11.7. The first-order valence-corrected chi connectivity index (χ1v) is 6.57. The molecule has 0 amide bonds. The first-order valence-electron chi connectivity index (χ1n) is 6.16. The highest BCUT2D eigenvalue weighted by molar-refractivity contribution is 7.80. The van der Waals surface area contributed by atoms with Crippen LogP contribution in [0, 0.1) is 11.6 Å². The van der Waals surface area contributed by atoms with Gasteiger partial charge in [-0.15, -0.1) is 0 Å². The summed E-state index contributed by atoms with van der Waals surface area (Å²) in [4.78, 5) is -0.0386. The summed E-state index contributed by atoms with van der Waals surface area (Å²) in [5, 5.41) is 2.79. The van der Waals surface area contributed by atoms with Crippen molar-refractivity contribution in [2.45, 2.75) is 13.3 Å². The quantitative estimate of drug-likeness (QED) is 0.839. The maximum atomic E-state index is 14.0. The minimum Gasteiger partial charge on any atom is -0.389 e. The van der Waals surface area contributed by atoms with Gasteiger partial charge < -0.3 is 11.1 Å². The van der Waals surface area contributed by atoms with Crippen LogP contribution in [0.5, 0.6) is 0 Å². The van der Waals surface area contributed by atoms with Crippen LogP contribution in [0.4, 0.5) is 20.2 Å². The highest BCUT2D eigenvalue weighted by Gasteiger charge is 2.13. The van der Waals surface area contributed by atoms with E-state index in [1.165, 1.54) is 0 Å². The van der Waals surface area contributed by atoms with E-state index >= 15 is 0 Å². The van der Waals surface area contributed by atoms with Crippen LogP contribution in [0.2, 0.25) is 0 Å². The number of nitrogens with one attached hydrogen (secondary N) is 1. The second-order valence-electron chi connectivity index (χ2n) is 4.31. The summed E-state index contributed by atoms with van der Waals surface area (Å²) in [5.41, 5.74) is 7.00. The standard InChI is InChI=1S/C15H14F2N2S/c1-2-9-5-3-4-6-13(9)19-14-11(16)7-10(15(18)20)8-12(14)17/h3-8,19H,2H2,1H3,(H2,18,20). The number of para-hydroxylation sites is 1. The minimum absolute atomic E-state index is 0.0386. The van der Waals surface area contributed by atoms with Crippen LogP contribution in [-0.4, -0.2) is 4.99 Å². The smallest absolute Gasteiger partial charge is 0.150 e. The van der Waals surface area contributed by atoms with Crippen molar-refractivity contribution in [2.24, 2.45) is 5.73 Å². The molecule has 0 aliphatic heterocycles. The lowest BCUT2D eigenvalue weighted by molar-refractivity contribution is 0.590. The maximum Gasteiger partial charge on any atom is 0.150 e. The van der Waals surface area contributed by atoms with Gasteiger partial charge in [0.05, 0.1) is 0 Å². The number of benzene rings is 2. The minimum atomic E-state index is -0.723. The van der Waals surface area contributed by atoms with Gasteiger partial charge in [-0.3, -0.25) is 0 Å². The Bertz CT molecular complexity index is 633. The molecule has 0 saturated heterocycles. The van der Waals surface area contributed by atoms with E-state index in [2.05, 4.69) is 5.32 Å². The third-order valence-corrected chi connectivity index (χ3v) is 3.22. The van der Waals surface area contributed by atoms with E-state index in [1.54, 1.807) is 12.1 Å². The molecule has 5 heteroatoms. The number of nitrogens with two attached hydrogens (primary N) is 1. The van der Waals surface area contributed by atoms with E-state index in [0.717, 1.165) is 24.1 Å². The summed E-state index contributed by atoms with van der Waals surface area (Å²) in [7, 11) is 0. The molecule has 0 spiro atoms. The maximum absolute atomic E-state index is 14.0. The molecule has 0 unspecified atom stereocenters. The van der Waals surface area contributed by atoms with Gasteiger partial charge in [-0.2, -0.15) is 0 Å². The average molecular weight is 292 g/mol. The molecule has 0 aliphatic carbocycles. The van der Waals surface area contributed by atoms with Gasteiger partial charge in [0.1, 0.15) is 22.3 Å². The molecular weight excluding hydrogens is 278 g/mol. The lowest BCUT2D eigenvalue weighted by atomic mass is 10.1. The summed E-state index contributed by atoms with van der Waals surface area (Å²) in [6.07, 6.45) is 0.761. The monoisotopic (exact) mass is 292 g/mol. The van der Waals surface area contributed by atoms with Gasteiger partial charge in [0.15, 0.2) is 0 Å². The van der Waals surface area contributed by atoms with Gasteiger partial charge in [-0.25, -0.2) is 8.78 Å². The van der Waals surface area contributed by atoms with Gasteiger partial charge in [0, 0.05) is 11.3 Å². The van der Waals surface area contributed by atoms with Crippen molar-refractivity contribution in [1.29, 1.82) is 0 Å². The largest absolute Gasteiger partial charge is 0.389 e. The summed E-state index contributed by atoms with van der Waals surface area (Å²) in [6.45, 7) is 1.98. The number of rotatable bonds is 4. The molecule has 0 heterocycles. The zero-order chi connectivity index (χ0) is 14.7. The Kier molecular flexibility index (Phi) is 4.29. The van der Waals surface area contributed by atoms with Crippen molar-refractivity contribution >= 4 is 28.6 Å². The van der Waals surface area contributed by atoms with E-state index in [4.69, 9.17) is 18.0 Å². The first-order chi connectivity index (χ1) is 9.52. The van der Waals surface area contributed by atoms with Crippen LogP contribution in [0.1, 0.15) is 18.1 Å². The van der Waals surface area contributed by atoms with E-state index in [1.807, 2.05) is 19.1 Å². The van der Waals surface area contributed by atoms with Crippen molar-refractivity contribution in [3.8, 4) is 0 Å². The Hall–Kier alpha value is -2.01. The Morgan fingerprint density at radius 1 is 1.20 bits per heavy atom. The van der Waals surface area contributed by atoms with E-state index in [9.17, 15) is 8.78 Å². The Balaban J connectivity index is 2.41. The van der Waals surface area contributed by atoms with Crippen LogP contribution >= 0.6 is 12.2 Å². The Morgan fingerprint density at radius 3 is 2.35 bits per heavy atom. The molecule has 20 heavy (non-hydrogen) atoms. The summed E-state index contributed by atoms with van der Waals surface area (Å²) in [6, 6.07) is 9.62. The highest BCUT2D eigenvalue weighted by atomic mass is 32.1. The SMILES string of the molecule is CCc1ccccc1Nc1c(F)cc(C(N)=S)cc1F. The van der Waals surface area contributed by atoms with E-state index in [0.29, 0.717) is 5.69 Å². The molecule has 2 rings (SSSR count). The fourth-order valence-electron chi connectivity index (χ4n) is 1.92. The number of anilines is 2. The normalized spacial score (nSPS) is 10.3. The number of aryl methyl sites for hydroxylation is 1. The molecule has 0 aliphatic rings. The molecule has 2 nitrogen and oxygen atoms in total. The van der Waals surface area contributed by atoms with Crippen LogP contribution in [0.3, 0.4) is 0 Å². The lowest BCUT2D eigenvalue weighted by Gasteiger charge is -2.13. The van der Waals surface area contributed by atoms with Crippen LogP contribution < -0.4 is 11.1 Å². The van der Waals surface area contributed by atoms with Crippen molar-refractivity contribution in [2.75, 3.05) is 5.32 Å². The van der Waals surface area contributed by atoms with Crippen LogP contribution in [0.25, 0.3) is 0 Å². The topological polar surface area (TPSA) is 38.0 Å². The molecule has 0 fully saturated rings. The van der Waals surface area contributed by atoms with Gasteiger partial charge in [-0.05, 0) is 30.2 Å². The molecule has 0 radical (unpaired) electrons. The fourth-order valence-corrected chi connectivity index (χ4v) is 2.04. The van der Waals surface area contributed by atoms with Crippen molar-refractivity contribution in [3.63, 3.8) is 0 Å². The number of thiocarbonyl (C=S) groups is 1. The summed E-state index contributed by atoms with van der Waals surface area (Å²) < 4.78 is 27.9. The molecular formula is C15H14F2N2S. The number of hydrogen-bond donors (Lipinski definition) is 2. The van der Waals surface area contributed by atoms with E-state index in [-0.39, 0.29) is 16.2 Å². The third-order valence-electron chi connectivity index (χ3n) is 2.98. The van der Waals surface area contributed by atoms with Gasteiger partial charge in [0.25, 0.3) is 0 Å². The molecule has 0 atom stereocenters. The van der Waals surface area contributed by atoms with Crippen LogP contribution in [-0.2, 0) is 6.42 Å². The average Bonchev–Trinajstić information content (AvgIpc) is 2.42. The fraction of sp³-hybridized carbons (Fsp3) is 0.133. The predicted molar refractivity (Wildman–Crippen MR) is 81.3 cm³/mol. The number of halogens is 2. The zero-order valence-electron chi connectivity index (χ0n) is 10.9. The van der Waals surface area contributed by atoms with Gasteiger partial charge in [0.2, 0.25) is 0 Å². The Labute approximate surface area is 121 Å². The first kappa shape index (κ1) is 14.4. The Morgan fingerprint density at radius 2 is 1.80 bits per heavy atom. The van der Waals surface area contributed by atoms with Crippen molar-refractivity contribution in [3.05, 3.63) is 59.2 Å². The number of hydrogen-bond acceptors (Lipinski definition) is 2. The third kappa shape index (κ3) is 2.93. The highest BCUT2D eigenvalue weighted by Crippen LogP contribution is 2.27. The molecule has 0 aromatic heterocycles. The molecule has 3 N–H and O–H groups in total. The van der Waals surface area contributed by atoms with Crippen molar-refractivity contribution < 1.29 is 8.78 Å². The van der Waals surface area contributed by atoms with Crippen molar-refractivity contribution in [1.82, 2.24) is 0 Å². The summed E-state index contributed by atoms with van der Waals surface area (Å²) in [5.74, 6) is -1.45. The molecule has 0 saturated carbocycles. The second kappa shape index (κ2) is 5.96. The molecule has 104 valence electrons. The van der Waals surface area contributed by atoms with Crippen LogP contribution in [0.15, 0.2) is 36.4 Å².